The molecular formula is C9Cl2F8. The molecule has 0 saturated heterocycles. The SMILES string of the molecule is Fc1c(Cl)c(Cl)c(F)c2c1C(F)(F)C(F)(F)C2(F)F. The van der Waals surface area contributed by atoms with Gasteiger partial charge in [0.05, 0.1) is 21.2 Å². The number of rotatable bonds is 0. The van der Waals surface area contributed by atoms with Crippen LogP contribution in [0.5, 0.6) is 0 Å². The van der Waals surface area contributed by atoms with Crippen LogP contribution < -0.4 is 0 Å². The third-order valence-corrected chi connectivity index (χ3v) is 3.49. The van der Waals surface area contributed by atoms with Gasteiger partial charge in [-0.1, -0.05) is 23.2 Å². The molecule has 0 spiro atoms. The van der Waals surface area contributed by atoms with Gasteiger partial charge in [0.15, 0.2) is 11.6 Å². The van der Waals surface area contributed by atoms with Crippen LogP contribution in [0, 0.1) is 11.6 Å². The minimum absolute atomic E-state index is 1.47. The minimum Gasteiger partial charge on any atom is -0.205 e. The Hall–Kier alpha value is -0.760. The third kappa shape index (κ3) is 1.41. The van der Waals surface area contributed by atoms with E-state index in [2.05, 4.69) is 0 Å². The van der Waals surface area contributed by atoms with E-state index in [1.54, 1.807) is 0 Å². The summed E-state index contributed by atoms with van der Waals surface area (Å²) in [4.78, 5) is 0. The molecule has 1 aliphatic carbocycles. The Kier molecular flexibility index (Phi) is 2.82. The van der Waals surface area contributed by atoms with Crippen LogP contribution >= 0.6 is 23.2 Å². The lowest BCUT2D eigenvalue weighted by Gasteiger charge is -2.23. The van der Waals surface area contributed by atoms with Crippen molar-refractivity contribution >= 4 is 23.2 Å². The molecule has 106 valence electrons. The molecule has 0 bridgehead atoms. The Balaban J connectivity index is 3.02. The monoisotopic (exact) mass is 330 g/mol. The molecule has 2 rings (SSSR count). The summed E-state index contributed by atoms with van der Waals surface area (Å²) in [7, 11) is 0. The largest absolute Gasteiger partial charge is 0.380 e. The van der Waals surface area contributed by atoms with Gasteiger partial charge in [0.2, 0.25) is 0 Å². The van der Waals surface area contributed by atoms with Crippen LogP contribution in [0.1, 0.15) is 11.1 Å². The minimum atomic E-state index is -6.00. The van der Waals surface area contributed by atoms with E-state index in [9.17, 15) is 35.1 Å². The quantitative estimate of drug-likeness (QED) is 0.352. The molecule has 0 saturated carbocycles. The van der Waals surface area contributed by atoms with E-state index >= 15 is 0 Å². The predicted molar refractivity (Wildman–Crippen MR) is 49.1 cm³/mol. The Morgan fingerprint density at radius 1 is 0.632 bits per heavy atom. The molecule has 0 aromatic heterocycles. The van der Waals surface area contributed by atoms with Crippen LogP contribution in [0.3, 0.4) is 0 Å². The number of fused-ring (bicyclic) bond motifs is 1. The number of alkyl halides is 6. The molecule has 0 heterocycles. The van der Waals surface area contributed by atoms with E-state index in [1.807, 2.05) is 0 Å². The second-order valence-corrected chi connectivity index (χ2v) is 4.49. The number of hydrogen-bond acceptors (Lipinski definition) is 0. The van der Waals surface area contributed by atoms with Crippen molar-refractivity contribution in [3.63, 3.8) is 0 Å². The van der Waals surface area contributed by atoms with Gasteiger partial charge in [0.1, 0.15) is 0 Å². The summed E-state index contributed by atoms with van der Waals surface area (Å²) >= 11 is 10.0. The first kappa shape index (κ1) is 14.6. The zero-order valence-electron chi connectivity index (χ0n) is 8.28. The molecule has 0 amide bonds. The first-order valence-corrected chi connectivity index (χ1v) is 5.15. The van der Waals surface area contributed by atoms with Crippen molar-refractivity contribution in [2.24, 2.45) is 0 Å². The molecule has 0 atom stereocenters. The highest BCUT2D eigenvalue weighted by Crippen LogP contribution is 2.65. The Labute approximate surface area is 109 Å². The van der Waals surface area contributed by atoms with E-state index < -0.39 is 50.6 Å². The summed E-state index contributed by atoms with van der Waals surface area (Å²) in [5, 5.41) is -2.93. The van der Waals surface area contributed by atoms with Gasteiger partial charge in [-0.25, -0.2) is 8.78 Å². The van der Waals surface area contributed by atoms with Gasteiger partial charge in [-0.2, -0.15) is 26.3 Å². The highest BCUT2D eigenvalue weighted by Gasteiger charge is 2.81. The molecule has 0 radical (unpaired) electrons. The van der Waals surface area contributed by atoms with Crippen molar-refractivity contribution in [3.05, 3.63) is 32.8 Å². The van der Waals surface area contributed by atoms with Gasteiger partial charge < -0.3 is 0 Å². The van der Waals surface area contributed by atoms with Crippen molar-refractivity contribution in [1.82, 2.24) is 0 Å². The molecule has 1 aromatic carbocycles. The van der Waals surface area contributed by atoms with Crippen molar-refractivity contribution < 1.29 is 35.1 Å². The maximum atomic E-state index is 13.4. The number of hydrogen-bond donors (Lipinski definition) is 0. The second-order valence-electron chi connectivity index (χ2n) is 3.73. The van der Waals surface area contributed by atoms with Crippen LogP contribution in [0.2, 0.25) is 10.0 Å². The number of benzene rings is 1. The van der Waals surface area contributed by atoms with E-state index in [-0.39, 0.29) is 0 Å². The highest BCUT2D eigenvalue weighted by atomic mass is 35.5. The number of halogens is 10. The smallest absolute Gasteiger partial charge is 0.205 e. The normalized spacial score (nSPS) is 22.4. The van der Waals surface area contributed by atoms with Crippen LogP contribution in [0.4, 0.5) is 35.1 Å². The molecular weight excluding hydrogens is 331 g/mol. The Bertz CT molecular complexity index is 531. The topological polar surface area (TPSA) is 0 Å². The van der Waals surface area contributed by atoms with Crippen LogP contribution in [0.15, 0.2) is 0 Å². The maximum Gasteiger partial charge on any atom is 0.380 e. The van der Waals surface area contributed by atoms with Gasteiger partial charge in [0.25, 0.3) is 0 Å². The fourth-order valence-corrected chi connectivity index (χ4v) is 2.09. The van der Waals surface area contributed by atoms with Crippen LogP contribution in [0.25, 0.3) is 0 Å². The molecule has 0 aliphatic heterocycles. The molecule has 1 aromatic rings. The van der Waals surface area contributed by atoms with Crippen molar-refractivity contribution in [1.29, 1.82) is 0 Å². The molecule has 0 fully saturated rings. The Morgan fingerprint density at radius 2 is 0.895 bits per heavy atom. The standard InChI is InChI=1S/C9Cl2F8/c10-3-4(11)6(13)2-1(5(3)12)7(14,15)9(18,19)8(2,16)17. The summed E-state index contributed by atoms with van der Waals surface area (Å²) in [5.74, 6) is -21.8. The van der Waals surface area contributed by atoms with Crippen LogP contribution in [-0.2, 0) is 11.8 Å². The molecule has 10 heteroatoms. The first-order valence-electron chi connectivity index (χ1n) is 4.39. The van der Waals surface area contributed by atoms with Crippen molar-refractivity contribution in [3.8, 4) is 0 Å². The zero-order chi connectivity index (χ0) is 15.0. The fraction of sp³-hybridized carbons (Fsp3) is 0.333. The second kappa shape index (κ2) is 3.66. The lowest BCUT2D eigenvalue weighted by molar-refractivity contribution is -0.303. The summed E-state index contributed by atoms with van der Waals surface area (Å²) in [6, 6.07) is 0. The van der Waals surface area contributed by atoms with Gasteiger partial charge in [-0.3, -0.25) is 0 Å². The fourth-order valence-electron chi connectivity index (χ4n) is 1.73. The summed E-state index contributed by atoms with van der Waals surface area (Å²) < 4.78 is 106. The third-order valence-electron chi connectivity index (χ3n) is 2.68. The van der Waals surface area contributed by atoms with Crippen LogP contribution in [-0.4, -0.2) is 5.92 Å². The van der Waals surface area contributed by atoms with Gasteiger partial charge >= 0.3 is 17.8 Å². The van der Waals surface area contributed by atoms with Gasteiger partial charge in [0, 0.05) is 0 Å². The van der Waals surface area contributed by atoms with E-state index in [0.717, 1.165) is 0 Å². The van der Waals surface area contributed by atoms with Gasteiger partial charge in [-0.05, 0) is 0 Å². The predicted octanol–water partition coefficient (Wildman–Crippen LogP) is 5.10. The van der Waals surface area contributed by atoms with Crippen molar-refractivity contribution in [2.45, 2.75) is 17.8 Å². The Morgan fingerprint density at radius 3 is 1.16 bits per heavy atom. The molecule has 1 aliphatic rings. The summed E-state index contributed by atoms with van der Waals surface area (Å²) in [6.07, 6.45) is 0. The van der Waals surface area contributed by atoms with E-state index in [1.165, 1.54) is 0 Å². The lowest BCUT2D eigenvalue weighted by Crippen LogP contribution is -2.43. The summed E-state index contributed by atoms with van der Waals surface area (Å²) in [6.45, 7) is 0. The molecule has 0 unspecified atom stereocenters. The average Bonchev–Trinajstić information content (AvgIpc) is 2.39. The highest BCUT2D eigenvalue weighted by molar-refractivity contribution is 6.42. The molecule has 0 nitrogen and oxygen atoms in total. The molecule has 0 N–H and O–H groups in total. The molecule has 19 heavy (non-hydrogen) atoms. The first-order chi connectivity index (χ1) is 8.39. The van der Waals surface area contributed by atoms with E-state index in [0.29, 0.717) is 0 Å². The lowest BCUT2D eigenvalue weighted by atomic mass is 10.1. The average molecular weight is 331 g/mol. The summed E-state index contributed by atoms with van der Waals surface area (Å²) in [5.41, 5.74) is -4.95. The van der Waals surface area contributed by atoms with E-state index in [4.69, 9.17) is 23.2 Å². The van der Waals surface area contributed by atoms with Gasteiger partial charge in [-0.15, -0.1) is 0 Å². The maximum absolute atomic E-state index is 13.4. The zero-order valence-corrected chi connectivity index (χ0v) is 9.79. The van der Waals surface area contributed by atoms with Crippen molar-refractivity contribution in [2.75, 3.05) is 0 Å².